The highest BCUT2D eigenvalue weighted by Gasteiger charge is 2.14. The molecule has 2 rings (SSSR count). The Morgan fingerprint density at radius 3 is 2.17 bits per heavy atom. The molecule has 2 amide bonds. The van der Waals surface area contributed by atoms with Gasteiger partial charge < -0.3 is 25.0 Å². The molecule has 0 atom stereocenters. The Morgan fingerprint density at radius 1 is 0.933 bits per heavy atom. The third-order valence-electron chi connectivity index (χ3n) is 4.54. The maximum atomic E-state index is 12.6. The van der Waals surface area contributed by atoms with Crippen molar-refractivity contribution in [1.29, 1.82) is 0 Å². The van der Waals surface area contributed by atoms with Crippen molar-refractivity contribution in [3.63, 3.8) is 0 Å². The molecular formula is C23H31N3O4. The van der Waals surface area contributed by atoms with Gasteiger partial charge in [0.2, 0.25) is 5.91 Å². The molecule has 0 saturated carbocycles. The van der Waals surface area contributed by atoms with Gasteiger partial charge in [-0.15, -0.1) is 0 Å². The number of carbonyl (C=O) groups is 2. The molecule has 0 aliphatic carbocycles. The number of anilines is 2. The lowest BCUT2D eigenvalue weighted by molar-refractivity contribution is -0.114. The molecule has 2 aromatic carbocycles. The first-order valence-electron chi connectivity index (χ1n) is 10.2. The van der Waals surface area contributed by atoms with Crippen LogP contribution in [-0.2, 0) is 4.79 Å². The first-order chi connectivity index (χ1) is 14.5. The van der Waals surface area contributed by atoms with Gasteiger partial charge in [0, 0.05) is 30.4 Å². The van der Waals surface area contributed by atoms with E-state index >= 15 is 0 Å². The van der Waals surface area contributed by atoms with Crippen LogP contribution in [0.5, 0.6) is 11.5 Å². The molecule has 2 aromatic rings. The number of benzene rings is 2. The van der Waals surface area contributed by atoms with Crippen LogP contribution in [0.25, 0.3) is 0 Å². The Kier molecular flexibility index (Phi) is 9.00. The fourth-order valence-electron chi connectivity index (χ4n) is 3.06. The van der Waals surface area contributed by atoms with Crippen LogP contribution in [0.1, 0.15) is 37.0 Å². The fourth-order valence-corrected chi connectivity index (χ4v) is 3.06. The second kappa shape index (κ2) is 11.7. The van der Waals surface area contributed by atoms with Crippen LogP contribution < -0.4 is 20.1 Å². The molecule has 0 unspecified atom stereocenters. The zero-order valence-corrected chi connectivity index (χ0v) is 18.2. The monoisotopic (exact) mass is 413 g/mol. The second-order valence-corrected chi connectivity index (χ2v) is 6.84. The SMILES string of the molecule is CCCN(CCC)C(=O)c1ccc(NCC(=O)Nc2cc(OC)ccc2OC)cc1. The van der Waals surface area contributed by atoms with Gasteiger partial charge in [0.15, 0.2) is 0 Å². The largest absolute Gasteiger partial charge is 0.497 e. The molecule has 0 aliphatic rings. The number of hydrogen-bond donors (Lipinski definition) is 2. The summed E-state index contributed by atoms with van der Waals surface area (Å²) in [6, 6.07) is 12.4. The van der Waals surface area contributed by atoms with Crippen molar-refractivity contribution in [2.24, 2.45) is 0 Å². The predicted octanol–water partition coefficient (Wildman–Crippen LogP) is 4.02. The molecule has 0 heterocycles. The summed E-state index contributed by atoms with van der Waals surface area (Å²) in [6.45, 7) is 5.71. The van der Waals surface area contributed by atoms with E-state index < -0.39 is 0 Å². The summed E-state index contributed by atoms with van der Waals surface area (Å²) in [5, 5.41) is 5.88. The molecule has 0 spiro atoms. The maximum Gasteiger partial charge on any atom is 0.253 e. The topological polar surface area (TPSA) is 79.9 Å². The lowest BCUT2D eigenvalue weighted by atomic mass is 10.1. The van der Waals surface area contributed by atoms with Gasteiger partial charge in [0.1, 0.15) is 11.5 Å². The number of hydrogen-bond acceptors (Lipinski definition) is 5. The van der Waals surface area contributed by atoms with Crippen LogP contribution in [0, 0.1) is 0 Å². The Balaban J connectivity index is 1.95. The Morgan fingerprint density at radius 2 is 1.60 bits per heavy atom. The second-order valence-electron chi connectivity index (χ2n) is 6.84. The van der Waals surface area contributed by atoms with Gasteiger partial charge in [0.05, 0.1) is 26.5 Å². The van der Waals surface area contributed by atoms with E-state index in [0.717, 1.165) is 31.6 Å². The number of nitrogens with one attached hydrogen (secondary N) is 2. The van der Waals surface area contributed by atoms with Crippen LogP contribution in [0.3, 0.4) is 0 Å². The number of nitrogens with zero attached hydrogens (tertiary/aromatic N) is 1. The number of carbonyl (C=O) groups excluding carboxylic acids is 2. The highest BCUT2D eigenvalue weighted by Crippen LogP contribution is 2.28. The van der Waals surface area contributed by atoms with E-state index in [9.17, 15) is 9.59 Å². The highest BCUT2D eigenvalue weighted by atomic mass is 16.5. The van der Waals surface area contributed by atoms with Gasteiger partial charge in [-0.2, -0.15) is 0 Å². The first-order valence-corrected chi connectivity index (χ1v) is 10.2. The average molecular weight is 414 g/mol. The summed E-state index contributed by atoms with van der Waals surface area (Å²) in [7, 11) is 3.10. The van der Waals surface area contributed by atoms with Gasteiger partial charge in [-0.1, -0.05) is 13.8 Å². The van der Waals surface area contributed by atoms with Crippen molar-refractivity contribution < 1.29 is 19.1 Å². The smallest absolute Gasteiger partial charge is 0.253 e. The van der Waals surface area contributed by atoms with Crippen molar-refractivity contribution in [3.8, 4) is 11.5 Å². The third kappa shape index (κ3) is 6.40. The van der Waals surface area contributed by atoms with E-state index in [4.69, 9.17) is 9.47 Å². The third-order valence-corrected chi connectivity index (χ3v) is 4.54. The van der Waals surface area contributed by atoms with Crippen molar-refractivity contribution in [1.82, 2.24) is 4.90 Å². The van der Waals surface area contributed by atoms with Gasteiger partial charge >= 0.3 is 0 Å². The van der Waals surface area contributed by atoms with E-state index in [2.05, 4.69) is 24.5 Å². The van der Waals surface area contributed by atoms with Gasteiger partial charge in [-0.05, 0) is 49.2 Å². The molecule has 7 nitrogen and oxygen atoms in total. The van der Waals surface area contributed by atoms with Gasteiger partial charge in [-0.3, -0.25) is 9.59 Å². The lowest BCUT2D eigenvalue weighted by Gasteiger charge is -2.21. The van der Waals surface area contributed by atoms with E-state index in [1.807, 2.05) is 17.0 Å². The number of ether oxygens (including phenoxy) is 2. The summed E-state index contributed by atoms with van der Waals surface area (Å²) in [4.78, 5) is 26.8. The van der Waals surface area contributed by atoms with Crippen LogP contribution in [0.15, 0.2) is 42.5 Å². The van der Waals surface area contributed by atoms with E-state index in [1.54, 1.807) is 44.6 Å². The van der Waals surface area contributed by atoms with Crippen LogP contribution in [0.2, 0.25) is 0 Å². The molecule has 0 radical (unpaired) electrons. The minimum atomic E-state index is -0.223. The molecule has 0 aliphatic heterocycles. The van der Waals surface area contributed by atoms with Crippen molar-refractivity contribution in [2.45, 2.75) is 26.7 Å². The maximum absolute atomic E-state index is 12.6. The van der Waals surface area contributed by atoms with Crippen LogP contribution in [0.4, 0.5) is 11.4 Å². The standard InChI is InChI=1S/C23H31N3O4/c1-5-13-26(14-6-2)23(28)17-7-9-18(10-8-17)24-16-22(27)25-20-15-19(29-3)11-12-21(20)30-4/h7-12,15,24H,5-6,13-14,16H2,1-4H3,(H,25,27). The summed E-state index contributed by atoms with van der Waals surface area (Å²) in [5.41, 5.74) is 1.95. The fraction of sp³-hybridized carbons (Fsp3) is 0.391. The molecule has 2 N–H and O–H groups in total. The lowest BCUT2D eigenvalue weighted by Crippen LogP contribution is -2.32. The van der Waals surface area contributed by atoms with Gasteiger partial charge in [-0.25, -0.2) is 0 Å². The number of amides is 2. The first kappa shape index (κ1) is 23.1. The van der Waals surface area contributed by atoms with Crippen molar-refractivity contribution >= 4 is 23.2 Å². The molecule has 0 bridgehead atoms. The van der Waals surface area contributed by atoms with Crippen LogP contribution in [-0.4, -0.2) is 50.6 Å². The normalized spacial score (nSPS) is 10.3. The molecular weight excluding hydrogens is 382 g/mol. The summed E-state index contributed by atoms with van der Waals surface area (Å²) >= 11 is 0. The van der Waals surface area contributed by atoms with Gasteiger partial charge in [0.25, 0.3) is 5.91 Å². The summed E-state index contributed by atoms with van der Waals surface area (Å²) in [5.74, 6) is 0.988. The molecule has 0 aromatic heterocycles. The summed E-state index contributed by atoms with van der Waals surface area (Å²) < 4.78 is 10.5. The van der Waals surface area contributed by atoms with Crippen molar-refractivity contribution in [3.05, 3.63) is 48.0 Å². The molecule has 7 heteroatoms. The Bertz CT molecular complexity index is 831. The molecule has 30 heavy (non-hydrogen) atoms. The molecule has 0 fully saturated rings. The van der Waals surface area contributed by atoms with E-state index in [0.29, 0.717) is 22.7 Å². The predicted molar refractivity (Wildman–Crippen MR) is 120 cm³/mol. The Hall–Kier alpha value is -3.22. The number of methoxy groups -OCH3 is 2. The minimum Gasteiger partial charge on any atom is -0.497 e. The zero-order valence-electron chi connectivity index (χ0n) is 18.2. The average Bonchev–Trinajstić information content (AvgIpc) is 2.77. The zero-order chi connectivity index (χ0) is 21.9. The highest BCUT2D eigenvalue weighted by molar-refractivity contribution is 5.96. The summed E-state index contributed by atoms with van der Waals surface area (Å²) in [6.07, 6.45) is 1.86. The Labute approximate surface area is 178 Å². The van der Waals surface area contributed by atoms with E-state index in [1.165, 1.54) is 0 Å². The van der Waals surface area contributed by atoms with Crippen molar-refractivity contribution in [2.75, 3.05) is 44.5 Å². The molecule has 0 saturated heterocycles. The number of rotatable bonds is 11. The van der Waals surface area contributed by atoms with E-state index in [-0.39, 0.29) is 18.4 Å². The van der Waals surface area contributed by atoms with Crippen LogP contribution >= 0.6 is 0 Å². The minimum absolute atomic E-state index is 0.0353. The quantitative estimate of drug-likeness (QED) is 0.582. The molecule has 162 valence electrons.